The zero-order valence-corrected chi connectivity index (χ0v) is 40.4. The molecule has 2 fully saturated rings. The summed E-state index contributed by atoms with van der Waals surface area (Å²) >= 11 is 0. The van der Waals surface area contributed by atoms with Crippen LogP contribution >= 0.6 is 0 Å². The van der Waals surface area contributed by atoms with Gasteiger partial charge in [0.05, 0.1) is 52.0 Å². The molecule has 0 bridgehead atoms. The van der Waals surface area contributed by atoms with E-state index < -0.39 is 172 Å². The van der Waals surface area contributed by atoms with Crippen LogP contribution in [0.15, 0.2) is 4.99 Å². The van der Waals surface area contributed by atoms with Gasteiger partial charge in [0, 0.05) is 26.4 Å². The summed E-state index contributed by atoms with van der Waals surface area (Å²) in [6.07, 6.45) is -14.1. The fraction of sp³-hybridized carbons (Fsp3) is 0.756. The van der Waals surface area contributed by atoms with Crippen LogP contribution in [0.3, 0.4) is 0 Å². The number of aliphatic carboxylic acids is 2. The molecule has 2 aliphatic heterocycles. The maximum absolute atomic E-state index is 13.1. The fourth-order valence-electron chi connectivity index (χ4n) is 7.16. The predicted molar refractivity (Wildman–Crippen MR) is 247 cm³/mol. The monoisotopic (exact) mass is 1070 g/mol. The van der Waals surface area contributed by atoms with Gasteiger partial charge in [0.15, 0.2) is 18.5 Å². The van der Waals surface area contributed by atoms with E-state index in [1.54, 1.807) is 0 Å². The molecule has 0 spiro atoms. The summed E-state index contributed by atoms with van der Waals surface area (Å²) in [6, 6.07) is -7.32. The number of hydrogen-bond donors (Lipinski definition) is 19. The number of guanidine groups is 1. The zero-order valence-electron chi connectivity index (χ0n) is 40.4. The highest BCUT2D eigenvalue weighted by Crippen LogP contribution is 2.30. The third-order valence-electron chi connectivity index (χ3n) is 11.1. The van der Waals surface area contributed by atoms with Gasteiger partial charge in [0.2, 0.25) is 41.4 Å². The molecule has 2 rings (SSSR count). The topological polar surface area (TPSA) is 547 Å². The van der Waals surface area contributed by atoms with Crippen molar-refractivity contribution in [2.45, 2.75) is 144 Å². The molecule has 0 aliphatic carbocycles. The first-order valence-electron chi connectivity index (χ1n) is 23.3. The van der Waals surface area contributed by atoms with Gasteiger partial charge in [-0.05, 0) is 38.5 Å². The van der Waals surface area contributed by atoms with Crippen molar-refractivity contribution in [3.63, 3.8) is 0 Å². The van der Waals surface area contributed by atoms with Crippen molar-refractivity contribution in [2.24, 2.45) is 22.2 Å². The summed E-state index contributed by atoms with van der Waals surface area (Å²) in [7, 11) is 0. The number of nitrogens with two attached hydrogens (primary N) is 3. The van der Waals surface area contributed by atoms with Crippen LogP contribution in [0.25, 0.3) is 0 Å². The van der Waals surface area contributed by atoms with E-state index in [4.69, 9.17) is 51.5 Å². The number of rotatable bonds is 33. The van der Waals surface area contributed by atoms with E-state index in [1.807, 2.05) is 10.6 Å². The van der Waals surface area contributed by atoms with Crippen LogP contribution in [0, 0.1) is 0 Å². The lowest BCUT2D eigenvalue weighted by atomic mass is 9.95. The first-order chi connectivity index (χ1) is 34.9. The van der Waals surface area contributed by atoms with E-state index in [-0.39, 0.29) is 63.7 Å². The molecular formula is C41H71N11O22. The van der Waals surface area contributed by atoms with Gasteiger partial charge in [0.1, 0.15) is 66.9 Å². The minimum Gasteiger partial charge on any atom is -0.481 e. The van der Waals surface area contributed by atoms with E-state index in [2.05, 4.69) is 31.6 Å². The summed E-state index contributed by atoms with van der Waals surface area (Å²) in [4.78, 5) is 114. The van der Waals surface area contributed by atoms with Crippen LogP contribution in [0.4, 0.5) is 0 Å². The van der Waals surface area contributed by atoms with Crippen molar-refractivity contribution in [3.8, 4) is 0 Å². The summed E-state index contributed by atoms with van der Waals surface area (Å²) < 4.78 is 22.5. The van der Waals surface area contributed by atoms with Gasteiger partial charge in [-0.1, -0.05) is 0 Å². The Kier molecular flexibility index (Phi) is 28.6. The first-order valence-corrected chi connectivity index (χ1v) is 23.3. The van der Waals surface area contributed by atoms with Crippen LogP contribution in [0.5, 0.6) is 0 Å². The molecule has 2 saturated heterocycles. The summed E-state index contributed by atoms with van der Waals surface area (Å²) in [5, 5.41) is 105. The van der Waals surface area contributed by atoms with E-state index in [1.165, 1.54) is 0 Å². The van der Waals surface area contributed by atoms with Crippen molar-refractivity contribution >= 4 is 59.2 Å². The highest BCUT2D eigenvalue weighted by molar-refractivity contribution is 5.95. The van der Waals surface area contributed by atoms with Gasteiger partial charge in [-0.3, -0.25) is 43.3 Å². The number of aliphatic hydroxyl groups excluding tert-OH is 7. The van der Waals surface area contributed by atoms with E-state index in [9.17, 15) is 73.8 Å². The van der Waals surface area contributed by atoms with E-state index >= 15 is 0 Å². The third kappa shape index (κ3) is 22.2. The quantitative estimate of drug-likeness (QED) is 0.0165. The third-order valence-corrected chi connectivity index (χ3v) is 11.1. The fourth-order valence-corrected chi connectivity index (χ4v) is 7.16. The van der Waals surface area contributed by atoms with Crippen LogP contribution in [0.2, 0.25) is 0 Å². The summed E-state index contributed by atoms with van der Waals surface area (Å²) in [5.74, 6) is -9.24. The average molecular weight is 1070 g/mol. The van der Waals surface area contributed by atoms with Crippen molar-refractivity contribution in [3.05, 3.63) is 0 Å². The molecule has 2 heterocycles. The average Bonchev–Trinajstić information content (AvgIpc) is 3.34. The van der Waals surface area contributed by atoms with Crippen LogP contribution in [-0.2, 0) is 62.1 Å². The predicted octanol–water partition coefficient (Wildman–Crippen LogP) is -10.5. The number of ether oxygens (including phenoxy) is 4. The number of unbranched alkanes of at least 4 members (excludes halogenated alkanes) is 1. The Morgan fingerprint density at radius 3 is 1.86 bits per heavy atom. The van der Waals surface area contributed by atoms with Gasteiger partial charge < -0.3 is 119 Å². The molecule has 0 unspecified atom stereocenters. The second kappa shape index (κ2) is 33.0. The number of aliphatic imine (C=N–C) groups is 1. The Hall–Kier alpha value is -5.98. The maximum atomic E-state index is 13.1. The number of carbonyl (C=O) groups excluding carboxylic acids is 7. The molecule has 0 aromatic heterocycles. The van der Waals surface area contributed by atoms with Crippen molar-refractivity contribution in [1.29, 1.82) is 0 Å². The minimum absolute atomic E-state index is 0.0319. The lowest BCUT2D eigenvalue weighted by Crippen LogP contribution is -2.67. The number of hydrogen-bond acceptors (Lipinski definition) is 22. The molecule has 33 nitrogen and oxygen atoms in total. The molecule has 7 amide bonds. The number of nitrogens with zero attached hydrogens (tertiary/aromatic N) is 1. The lowest BCUT2D eigenvalue weighted by Gasteiger charge is -2.47. The number of carboxylic acid groups (broad SMARTS) is 2. The van der Waals surface area contributed by atoms with Gasteiger partial charge >= 0.3 is 11.9 Å². The largest absolute Gasteiger partial charge is 0.481 e. The lowest BCUT2D eigenvalue weighted by molar-refractivity contribution is -0.348. The molecule has 0 aromatic carbocycles. The Morgan fingerprint density at radius 1 is 0.662 bits per heavy atom. The number of aliphatic hydroxyl groups is 7. The van der Waals surface area contributed by atoms with Crippen molar-refractivity contribution < 1.29 is 108 Å². The highest BCUT2D eigenvalue weighted by Gasteiger charge is 2.51. The molecule has 14 atom stereocenters. The summed E-state index contributed by atoms with van der Waals surface area (Å²) in [6.45, 7) is -2.78. The maximum Gasteiger partial charge on any atom is 0.328 e. The molecule has 0 radical (unpaired) electrons. The number of carboxylic acids is 2. The standard InChI is InChI=1S/C41H71N11O22/c1-18(56)49-29-31(63)34(74-40-33(65)32(64)30(62)23(16-54)72-40)24(17-55)73-39(29)71-11-5-8-25(57)45-9-3-2-6-19(42)35(66)47-13-26(58)50-20(7-4-10-46-41(43)44)36(67)48-14-27(59)51-21(12-28(60)61)37(68)52-22(15-53)38(69)70/h19-24,29-34,39-40,53-55,62-65H,2-17,42H2,1H3,(H,45,57)(H,47,66)(H,48,67)(H,49,56)(H,50,58)(H,51,59)(H,52,68)(H,60,61)(H,69,70)(H4,43,44,46)/t19-,20-,21-,22-,23+,24+,29+,30-,31+,32-,33+,34+,39+,40-/m0/s1. The van der Waals surface area contributed by atoms with Gasteiger partial charge in [-0.2, -0.15) is 0 Å². The number of nitrogens with one attached hydrogen (secondary N) is 7. The van der Waals surface area contributed by atoms with Crippen LogP contribution < -0.4 is 54.4 Å². The van der Waals surface area contributed by atoms with Crippen LogP contribution in [-0.4, -0.2) is 243 Å². The highest BCUT2D eigenvalue weighted by atomic mass is 16.7. The molecule has 33 heteroatoms. The second-order valence-corrected chi connectivity index (χ2v) is 17.0. The smallest absolute Gasteiger partial charge is 0.328 e. The molecule has 2 aliphatic rings. The molecule has 422 valence electrons. The number of carbonyl (C=O) groups is 9. The minimum atomic E-state index is -1.84. The van der Waals surface area contributed by atoms with Gasteiger partial charge in [-0.25, -0.2) is 4.79 Å². The molecule has 22 N–H and O–H groups in total. The zero-order chi connectivity index (χ0) is 55.7. The summed E-state index contributed by atoms with van der Waals surface area (Å²) in [5.41, 5.74) is 16.6. The van der Waals surface area contributed by atoms with Gasteiger partial charge in [0.25, 0.3) is 0 Å². The van der Waals surface area contributed by atoms with E-state index in [0.29, 0.717) is 12.8 Å². The Balaban J connectivity index is 1.81. The van der Waals surface area contributed by atoms with Gasteiger partial charge in [-0.15, -0.1) is 0 Å². The number of amides is 7. The molecule has 0 aromatic rings. The first kappa shape index (κ1) is 64.1. The molecular weight excluding hydrogens is 999 g/mol. The van der Waals surface area contributed by atoms with Crippen molar-refractivity contribution in [2.75, 3.05) is 52.6 Å². The van der Waals surface area contributed by atoms with E-state index in [0.717, 1.165) is 6.92 Å². The van der Waals surface area contributed by atoms with Crippen LogP contribution in [0.1, 0.15) is 58.3 Å². The normalized spacial score (nSPS) is 25.1. The van der Waals surface area contributed by atoms with Crippen molar-refractivity contribution in [1.82, 2.24) is 37.2 Å². The second-order valence-electron chi connectivity index (χ2n) is 17.0. The Bertz CT molecular complexity index is 1900. The Morgan fingerprint density at radius 2 is 1.28 bits per heavy atom. The molecule has 0 saturated carbocycles. The SMILES string of the molecule is CC(=O)N[C@H]1[C@H](OCCCC(=O)NCCCC[C@H](N)C(=O)NCC(=O)N[C@@H](CCCN=C(N)N)C(=O)NCC(=O)N[C@@H](CC(=O)O)C(=O)N[C@@H](CO)C(=O)O)O[C@H](CO)[C@@H](O[C@@H]2O[C@H](CO)[C@H](O)[C@H](O)[C@H]2O)[C@@H]1O. The Labute approximate surface area is 422 Å². The molecule has 74 heavy (non-hydrogen) atoms.